The molecule has 0 bridgehead atoms. The molecule has 2 heteroatoms. The van der Waals surface area contributed by atoms with Gasteiger partial charge in [-0.3, -0.25) is 0 Å². The topological polar surface area (TPSA) is 18.5 Å². The van der Waals surface area contributed by atoms with Gasteiger partial charge < -0.3 is 9.47 Å². The van der Waals surface area contributed by atoms with Gasteiger partial charge in [0.1, 0.15) is 11.5 Å². The number of ether oxygens (including phenoxy) is 2. The van der Waals surface area contributed by atoms with Crippen molar-refractivity contribution in [1.82, 2.24) is 0 Å². The quantitative estimate of drug-likeness (QED) is 0.234. The molecule has 194 valence electrons. The van der Waals surface area contributed by atoms with Gasteiger partial charge in [0.15, 0.2) is 0 Å². The number of hydrogen-bond donors (Lipinski definition) is 0. The molecule has 0 saturated heterocycles. The summed E-state index contributed by atoms with van der Waals surface area (Å²) in [5, 5.41) is 0. The Bertz CT molecular complexity index is 1150. The highest BCUT2D eigenvalue weighted by Crippen LogP contribution is 2.56. The van der Waals surface area contributed by atoms with E-state index in [0.29, 0.717) is 0 Å². The van der Waals surface area contributed by atoms with Crippen molar-refractivity contribution in [1.29, 1.82) is 0 Å². The molecule has 0 radical (unpaired) electrons. The number of rotatable bonds is 6. The Morgan fingerprint density at radius 3 is 1.11 bits per heavy atom. The fraction of sp³-hybridized carbons (Fsp3) is 0.314. The Morgan fingerprint density at radius 2 is 0.784 bits per heavy atom. The van der Waals surface area contributed by atoms with E-state index >= 15 is 0 Å². The lowest BCUT2D eigenvalue weighted by Crippen LogP contribution is -2.28. The molecular weight excluding hydrogens is 452 g/mol. The normalized spacial score (nSPS) is 12.5. The van der Waals surface area contributed by atoms with Gasteiger partial charge >= 0.3 is 0 Å². The molecule has 5 rings (SSSR count). The van der Waals surface area contributed by atoms with Crippen LogP contribution in [0.3, 0.4) is 0 Å². The van der Waals surface area contributed by atoms with E-state index < -0.39 is 5.41 Å². The van der Waals surface area contributed by atoms with Gasteiger partial charge in [0.25, 0.3) is 0 Å². The molecule has 1 aliphatic rings. The van der Waals surface area contributed by atoms with Gasteiger partial charge in [-0.25, -0.2) is 0 Å². The molecule has 2 nitrogen and oxygen atoms in total. The van der Waals surface area contributed by atoms with E-state index in [-0.39, 0.29) is 12.2 Å². The Kier molecular flexibility index (Phi) is 9.58. The van der Waals surface area contributed by atoms with E-state index in [9.17, 15) is 0 Å². The fourth-order valence-corrected chi connectivity index (χ4v) is 5.14. The number of benzene rings is 4. The van der Waals surface area contributed by atoms with Gasteiger partial charge in [-0.1, -0.05) is 100 Å². The van der Waals surface area contributed by atoms with Crippen LogP contribution in [0.2, 0.25) is 0 Å². The van der Waals surface area contributed by atoms with Gasteiger partial charge in [-0.05, 0) is 85.3 Å². The molecule has 0 N–H and O–H groups in total. The third-order valence-electron chi connectivity index (χ3n) is 6.27. The molecule has 0 atom stereocenters. The minimum absolute atomic E-state index is 0.145. The highest BCUT2D eigenvalue weighted by atomic mass is 16.5. The summed E-state index contributed by atoms with van der Waals surface area (Å²) in [6.45, 7) is 16.2. The first kappa shape index (κ1) is 28.1. The minimum Gasteiger partial charge on any atom is -0.491 e. The molecule has 0 saturated carbocycles. The van der Waals surface area contributed by atoms with Crippen LogP contribution in [0.5, 0.6) is 11.5 Å². The molecule has 0 aromatic heterocycles. The van der Waals surface area contributed by atoms with Crippen molar-refractivity contribution < 1.29 is 9.47 Å². The van der Waals surface area contributed by atoms with Gasteiger partial charge in [-0.15, -0.1) is 0 Å². The van der Waals surface area contributed by atoms with E-state index in [0.717, 1.165) is 11.5 Å². The lowest BCUT2D eigenvalue weighted by atomic mass is 9.68. The van der Waals surface area contributed by atoms with Crippen LogP contribution in [0.4, 0.5) is 0 Å². The van der Waals surface area contributed by atoms with E-state index in [1.807, 2.05) is 27.7 Å². The Balaban J connectivity index is 0.000000907. The Labute approximate surface area is 224 Å². The summed E-state index contributed by atoms with van der Waals surface area (Å²) in [7, 11) is 0. The van der Waals surface area contributed by atoms with Crippen LogP contribution in [0.15, 0.2) is 97.1 Å². The van der Waals surface area contributed by atoms with Crippen molar-refractivity contribution in [2.24, 2.45) is 0 Å². The maximum absolute atomic E-state index is 5.95. The number of hydrogen-bond acceptors (Lipinski definition) is 2. The number of fused-ring (bicyclic) bond motifs is 3. The lowest BCUT2D eigenvalue weighted by molar-refractivity contribution is 0.242. The third-order valence-corrected chi connectivity index (χ3v) is 6.27. The first-order valence-electron chi connectivity index (χ1n) is 13.7. The first-order chi connectivity index (χ1) is 18.0. The molecule has 0 amide bonds. The van der Waals surface area contributed by atoms with Crippen molar-refractivity contribution in [3.8, 4) is 22.6 Å². The average molecular weight is 495 g/mol. The summed E-state index contributed by atoms with van der Waals surface area (Å²) in [4.78, 5) is 0. The molecule has 0 unspecified atom stereocenters. The van der Waals surface area contributed by atoms with Crippen LogP contribution in [0.25, 0.3) is 11.1 Å². The lowest BCUT2D eigenvalue weighted by Gasteiger charge is -2.34. The second-order valence-electron chi connectivity index (χ2n) is 9.22. The van der Waals surface area contributed by atoms with Gasteiger partial charge in [0.2, 0.25) is 0 Å². The van der Waals surface area contributed by atoms with E-state index in [2.05, 4.69) is 125 Å². The molecule has 1 aliphatic carbocycles. The summed E-state index contributed by atoms with van der Waals surface area (Å²) in [6, 6.07) is 34.8. The van der Waals surface area contributed by atoms with Gasteiger partial charge in [0.05, 0.1) is 17.6 Å². The SMILES string of the molecule is CC.CC.CC(C)Oc1ccc(C2(c3ccc(OC(C)C)cc3)c3ccccc3-c3ccccc32)cc1. The van der Waals surface area contributed by atoms with Crippen molar-refractivity contribution in [2.45, 2.75) is 73.0 Å². The first-order valence-corrected chi connectivity index (χ1v) is 13.7. The second kappa shape index (κ2) is 12.6. The smallest absolute Gasteiger partial charge is 0.119 e. The zero-order valence-electron chi connectivity index (χ0n) is 23.7. The molecular formula is C35H42O2. The maximum atomic E-state index is 5.95. The van der Waals surface area contributed by atoms with Crippen molar-refractivity contribution in [3.05, 3.63) is 119 Å². The summed E-state index contributed by atoms with van der Waals surface area (Å²) in [6.07, 6.45) is 0.289. The second-order valence-corrected chi connectivity index (χ2v) is 9.22. The van der Waals surface area contributed by atoms with Crippen molar-refractivity contribution in [3.63, 3.8) is 0 Å². The standard InChI is InChI=1S/C31H30O2.2C2H6/c1-21(2)32-25-17-13-23(14-18-25)31(24-15-19-26(20-16-24)33-22(3)4)29-11-7-5-9-27(29)28-10-6-8-12-30(28)31;2*1-2/h5-22H,1-4H3;2*1-2H3. The largest absolute Gasteiger partial charge is 0.491 e. The zero-order valence-corrected chi connectivity index (χ0v) is 23.7. The highest BCUT2D eigenvalue weighted by molar-refractivity contribution is 5.86. The van der Waals surface area contributed by atoms with E-state index in [1.54, 1.807) is 0 Å². The predicted octanol–water partition coefficient (Wildman–Crippen LogP) is 9.68. The highest BCUT2D eigenvalue weighted by Gasteiger charge is 2.45. The molecule has 0 fully saturated rings. The maximum Gasteiger partial charge on any atom is 0.119 e. The molecule has 0 heterocycles. The monoisotopic (exact) mass is 494 g/mol. The third kappa shape index (κ3) is 5.44. The predicted molar refractivity (Wildman–Crippen MR) is 158 cm³/mol. The molecule has 37 heavy (non-hydrogen) atoms. The summed E-state index contributed by atoms with van der Waals surface area (Å²) >= 11 is 0. The Morgan fingerprint density at radius 1 is 0.459 bits per heavy atom. The molecule has 0 aliphatic heterocycles. The summed E-state index contributed by atoms with van der Waals surface area (Å²) in [5.41, 5.74) is 7.25. The van der Waals surface area contributed by atoms with E-state index in [1.165, 1.54) is 33.4 Å². The molecule has 0 spiro atoms. The minimum atomic E-state index is -0.403. The molecule has 4 aromatic rings. The van der Waals surface area contributed by atoms with Gasteiger partial charge in [-0.2, -0.15) is 0 Å². The zero-order chi connectivity index (χ0) is 27.0. The molecule has 4 aromatic carbocycles. The summed E-state index contributed by atoms with van der Waals surface area (Å²) < 4.78 is 11.9. The van der Waals surface area contributed by atoms with Crippen LogP contribution in [-0.2, 0) is 5.41 Å². The van der Waals surface area contributed by atoms with Crippen LogP contribution in [-0.4, -0.2) is 12.2 Å². The average Bonchev–Trinajstić information content (AvgIpc) is 3.23. The van der Waals surface area contributed by atoms with Crippen molar-refractivity contribution >= 4 is 0 Å². The summed E-state index contributed by atoms with van der Waals surface area (Å²) in [5.74, 6) is 1.79. The van der Waals surface area contributed by atoms with E-state index in [4.69, 9.17) is 9.47 Å². The van der Waals surface area contributed by atoms with Crippen LogP contribution < -0.4 is 9.47 Å². The fourth-order valence-electron chi connectivity index (χ4n) is 5.14. The van der Waals surface area contributed by atoms with Crippen LogP contribution in [0, 0.1) is 0 Å². The van der Waals surface area contributed by atoms with Crippen LogP contribution in [0.1, 0.15) is 77.6 Å². The van der Waals surface area contributed by atoms with Crippen LogP contribution >= 0.6 is 0 Å². The Hall–Kier alpha value is -3.52. The van der Waals surface area contributed by atoms with Gasteiger partial charge in [0, 0.05) is 0 Å². The van der Waals surface area contributed by atoms with Crippen molar-refractivity contribution in [2.75, 3.05) is 0 Å².